The molecule has 5 nitrogen and oxygen atoms in total. The summed E-state index contributed by atoms with van der Waals surface area (Å²) in [4.78, 5) is 25.6. The van der Waals surface area contributed by atoms with Crippen LogP contribution in [0.5, 0.6) is 5.75 Å². The first-order chi connectivity index (χ1) is 10.8. The minimum atomic E-state index is -4.77. The number of alkyl halides is 3. The fourth-order valence-corrected chi connectivity index (χ4v) is 2.54. The van der Waals surface area contributed by atoms with Crippen molar-refractivity contribution in [2.45, 2.75) is 19.0 Å². The summed E-state index contributed by atoms with van der Waals surface area (Å²) in [5.41, 5.74) is -1.81. The topological polar surface area (TPSA) is 55.8 Å². The molecule has 23 heavy (non-hydrogen) atoms. The molecular formula is C15H16F3NO4. The summed E-state index contributed by atoms with van der Waals surface area (Å²) in [7, 11) is 2.12. The zero-order valence-corrected chi connectivity index (χ0v) is 12.7. The minimum absolute atomic E-state index is 0.287. The molecule has 0 atom stereocenters. The predicted octanol–water partition coefficient (Wildman–Crippen LogP) is 2.74. The quantitative estimate of drug-likeness (QED) is 0.799. The molecule has 1 aromatic carbocycles. The Bertz CT molecular complexity index is 622. The van der Waals surface area contributed by atoms with Crippen LogP contribution in [0.25, 0.3) is 0 Å². The second-order valence-corrected chi connectivity index (χ2v) is 5.09. The van der Waals surface area contributed by atoms with Crippen molar-refractivity contribution in [1.82, 2.24) is 4.90 Å². The molecule has 0 saturated carbocycles. The Hall–Kier alpha value is -2.25. The van der Waals surface area contributed by atoms with Gasteiger partial charge in [0.2, 0.25) is 0 Å². The molecular weight excluding hydrogens is 315 g/mol. The van der Waals surface area contributed by atoms with Gasteiger partial charge in [0.15, 0.2) is 0 Å². The average molecular weight is 331 g/mol. The van der Waals surface area contributed by atoms with Gasteiger partial charge in [0.05, 0.1) is 30.9 Å². The molecule has 126 valence electrons. The molecule has 2 rings (SSSR count). The molecule has 1 aliphatic rings. The summed E-state index contributed by atoms with van der Waals surface area (Å²) in [5, 5.41) is 0. The Labute approximate surface area is 131 Å². The lowest BCUT2D eigenvalue weighted by molar-refractivity contribution is -0.138. The van der Waals surface area contributed by atoms with Crippen LogP contribution in [0.3, 0.4) is 0 Å². The monoisotopic (exact) mass is 331 g/mol. The van der Waals surface area contributed by atoms with Gasteiger partial charge in [0.1, 0.15) is 5.75 Å². The third-order valence-electron chi connectivity index (χ3n) is 3.64. The molecule has 0 aliphatic carbocycles. The highest BCUT2D eigenvalue weighted by molar-refractivity contribution is 6.01. The highest BCUT2D eigenvalue weighted by atomic mass is 19.4. The van der Waals surface area contributed by atoms with Crippen LogP contribution in [-0.2, 0) is 10.9 Å². The Balaban J connectivity index is 2.62. The van der Waals surface area contributed by atoms with Crippen LogP contribution in [0.1, 0.15) is 39.1 Å². The van der Waals surface area contributed by atoms with E-state index in [9.17, 15) is 22.8 Å². The van der Waals surface area contributed by atoms with Crippen LogP contribution in [-0.4, -0.2) is 44.1 Å². The third-order valence-corrected chi connectivity index (χ3v) is 3.64. The zero-order chi connectivity index (χ0) is 17.2. The molecule has 1 fully saturated rings. The molecule has 1 amide bonds. The largest absolute Gasteiger partial charge is 0.495 e. The maximum absolute atomic E-state index is 13.2. The van der Waals surface area contributed by atoms with Gasteiger partial charge in [-0.3, -0.25) is 4.79 Å². The lowest BCUT2D eigenvalue weighted by atomic mass is 10.0. The molecule has 0 aromatic heterocycles. The van der Waals surface area contributed by atoms with Gasteiger partial charge in [-0.1, -0.05) is 0 Å². The van der Waals surface area contributed by atoms with E-state index in [0.29, 0.717) is 19.2 Å². The van der Waals surface area contributed by atoms with E-state index < -0.39 is 29.4 Å². The van der Waals surface area contributed by atoms with E-state index in [1.165, 1.54) is 4.90 Å². The fourth-order valence-electron chi connectivity index (χ4n) is 2.54. The first-order valence-electron chi connectivity index (χ1n) is 6.96. The van der Waals surface area contributed by atoms with Crippen molar-refractivity contribution >= 4 is 11.9 Å². The Morgan fingerprint density at radius 3 is 2.22 bits per heavy atom. The number of benzene rings is 1. The molecule has 8 heteroatoms. The van der Waals surface area contributed by atoms with Gasteiger partial charge in [0, 0.05) is 13.1 Å². The average Bonchev–Trinajstić information content (AvgIpc) is 3.05. The van der Waals surface area contributed by atoms with Crippen LogP contribution < -0.4 is 4.74 Å². The number of methoxy groups -OCH3 is 2. The lowest BCUT2D eigenvalue weighted by Crippen LogP contribution is -2.29. The number of hydrogen-bond donors (Lipinski definition) is 0. The number of carbonyl (C=O) groups excluding carboxylic acids is 2. The number of ether oxygens (including phenoxy) is 2. The van der Waals surface area contributed by atoms with Crippen molar-refractivity contribution < 1.29 is 32.2 Å². The predicted molar refractivity (Wildman–Crippen MR) is 74.5 cm³/mol. The molecule has 0 unspecified atom stereocenters. The third kappa shape index (κ3) is 3.40. The van der Waals surface area contributed by atoms with Crippen molar-refractivity contribution in [2.24, 2.45) is 0 Å². The summed E-state index contributed by atoms with van der Waals surface area (Å²) in [6.45, 7) is 0.928. The fraction of sp³-hybridized carbons (Fsp3) is 0.467. The standard InChI is InChI=1S/C15H16F3NO4/c1-22-12-10(13(20)19-5-3-4-6-19)7-9(14(21)23-2)8-11(12)15(16,17)18/h7-8H,3-6H2,1-2H3. The highest BCUT2D eigenvalue weighted by Crippen LogP contribution is 2.39. The van der Waals surface area contributed by atoms with Gasteiger partial charge in [-0.05, 0) is 25.0 Å². The minimum Gasteiger partial charge on any atom is -0.495 e. The summed E-state index contributed by atoms with van der Waals surface area (Å²) in [6.07, 6.45) is -3.19. The molecule has 1 heterocycles. The number of nitrogens with zero attached hydrogens (tertiary/aromatic N) is 1. The second kappa shape index (κ2) is 6.47. The van der Waals surface area contributed by atoms with Crippen molar-refractivity contribution in [2.75, 3.05) is 27.3 Å². The molecule has 0 bridgehead atoms. The van der Waals surface area contributed by atoms with E-state index in [0.717, 1.165) is 33.1 Å². The molecule has 0 radical (unpaired) electrons. The maximum atomic E-state index is 13.2. The zero-order valence-electron chi connectivity index (χ0n) is 12.7. The number of likely N-dealkylation sites (tertiary alicyclic amines) is 1. The Morgan fingerprint density at radius 2 is 1.74 bits per heavy atom. The van der Waals surface area contributed by atoms with Gasteiger partial charge >= 0.3 is 12.1 Å². The van der Waals surface area contributed by atoms with Crippen LogP contribution in [0.15, 0.2) is 12.1 Å². The van der Waals surface area contributed by atoms with Crippen molar-refractivity contribution in [1.29, 1.82) is 0 Å². The molecule has 0 spiro atoms. The maximum Gasteiger partial charge on any atom is 0.420 e. The van der Waals surface area contributed by atoms with Crippen LogP contribution >= 0.6 is 0 Å². The summed E-state index contributed by atoms with van der Waals surface area (Å²) in [5.74, 6) is -2.12. The van der Waals surface area contributed by atoms with E-state index in [-0.39, 0.29) is 11.1 Å². The Kier molecular flexibility index (Phi) is 4.82. The first kappa shape index (κ1) is 17.1. The number of rotatable bonds is 3. The number of halogens is 3. The smallest absolute Gasteiger partial charge is 0.420 e. The lowest BCUT2D eigenvalue weighted by Gasteiger charge is -2.20. The van der Waals surface area contributed by atoms with Crippen molar-refractivity contribution in [3.8, 4) is 5.75 Å². The first-order valence-corrected chi connectivity index (χ1v) is 6.96. The van der Waals surface area contributed by atoms with Crippen LogP contribution in [0.4, 0.5) is 13.2 Å². The highest BCUT2D eigenvalue weighted by Gasteiger charge is 2.38. The van der Waals surface area contributed by atoms with Crippen molar-refractivity contribution in [3.05, 3.63) is 28.8 Å². The molecule has 1 aromatic rings. The molecule has 1 aliphatic heterocycles. The SMILES string of the molecule is COC(=O)c1cc(C(=O)N2CCCC2)c(OC)c(C(F)(F)F)c1. The van der Waals surface area contributed by atoms with Gasteiger partial charge in [-0.2, -0.15) is 13.2 Å². The van der Waals surface area contributed by atoms with Gasteiger partial charge < -0.3 is 14.4 Å². The number of carbonyl (C=O) groups is 2. The summed E-state index contributed by atoms with van der Waals surface area (Å²) < 4.78 is 49.0. The van der Waals surface area contributed by atoms with Gasteiger partial charge in [-0.15, -0.1) is 0 Å². The van der Waals surface area contributed by atoms with E-state index in [1.807, 2.05) is 0 Å². The number of esters is 1. The second-order valence-electron chi connectivity index (χ2n) is 5.09. The van der Waals surface area contributed by atoms with E-state index in [1.54, 1.807) is 0 Å². The van der Waals surface area contributed by atoms with E-state index >= 15 is 0 Å². The van der Waals surface area contributed by atoms with Crippen LogP contribution in [0.2, 0.25) is 0 Å². The Morgan fingerprint density at radius 1 is 1.13 bits per heavy atom. The number of amides is 1. The molecule has 0 N–H and O–H groups in total. The molecule has 1 saturated heterocycles. The van der Waals surface area contributed by atoms with Gasteiger partial charge in [0.25, 0.3) is 5.91 Å². The normalized spacial score (nSPS) is 14.7. The number of hydrogen-bond acceptors (Lipinski definition) is 4. The summed E-state index contributed by atoms with van der Waals surface area (Å²) >= 11 is 0. The van der Waals surface area contributed by atoms with Gasteiger partial charge in [-0.25, -0.2) is 4.79 Å². The van der Waals surface area contributed by atoms with E-state index in [4.69, 9.17) is 4.74 Å². The van der Waals surface area contributed by atoms with Crippen molar-refractivity contribution in [3.63, 3.8) is 0 Å². The summed E-state index contributed by atoms with van der Waals surface area (Å²) in [6, 6.07) is 1.71. The van der Waals surface area contributed by atoms with Crippen LogP contribution in [0, 0.1) is 0 Å². The van der Waals surface area contributed by atoms with E-state index in [2.05, 4.69) is 4.74 Å².